The molecule has 0 unspecified atom stereocenters. The average Bonchev–Trinajstić information content (AvgIpc) is 2.05. The summed E-state index contributed by atoms with van der Waals surface area (Å²) in [5.41, 5.74) is 0. The number of rotatable bonds is 2. The molecule has 0 aromatic carbocycles. The van der Waals surface area contributed by atoms with E-state index in [0.717, 1.165) is 5.82 Å². The van der Waals surface area contributed by atoms with Gasteiger partial charge in [0.2, 0.25) is 0 Å². The molecule has 0 aliphatic rings. The predicted octanol–water partition coefficient (Wildman–Crippen LogP) is -0.0828. The lowest BCUT2D eigenvalue weighted by molar-refractivity contribution is -0.672. The van der Waals surface area contributed by atoms with Crippen molar-refractivity contribution in [3.63, 3.8) is 0 Å². The molecule has 0 spiro atoms. The molecule has 0 saturated carbocycles. The molecule has 0 aliphatic heterocycles. The van der Waals surface area contributed by atoms with Crippen molar-refractivity contribution in [3.8, 4) is 12.3 Å². The van der Waals surface area contributed by atoms with Gasteiger partial charge in [0.1, 0.15) is 0 Å². The number of pyridine rings is 1. The number of nitrogens with zero attached hydrogens (tertiary/aromatic N) is 2. The van der Waals surface area contributed by atoms with E-state index in [0.29, 0.717) is 6.54 Å². The maximum atomic E-state index is 5.59. The Balaban J connectivity index is 3.02. The Hall–Kier alpha value is -1.53. The summed E-state index contributed by atoms with van der Waals surface area (Å²) in [6.07, 6.45) is 7.10. The quantitative estimate of drug-likeness (QED) is 0.285. The maximum Gasteiger partial charge on any atom is 0.295 e. The van der Waals surface area contributed by atoms with E-state index in [1.807, 2.05) is 29.0 Å². The average molecular weight is 162 g/mol. The van der Waals surface area contributed by atoms with Crippen LogP contribution in [0.1, 0.15) is 0 Å². The monoisotopic (exact) mass is 162 g/mol. The van der Waals surface area contributed by atoms with Gasteiger partial charge in [-0.05, 0) is 6.07 Å². The van der Waals surface area contributed by atoms with Crippen molar-refractivity contribution in [1.29, 1.82) is 0 Å². The highest BCUT2D eigenvalue weighted by Crippen LogP contribution is 1.99. The highest BCUT2D eigenvalue weighted by Gasteiger charge is 2.08. The van der Waals surface area contributed by atoms with Crippen molar-refractivity contribution in [2.75, 3.05) is 12.1 Å². The lowest BCUT2D eigenvalue weighted by Crippen LogP contribution is -2.42. The standard InChI is InChI=1S/C9H12N3/c1-3-7-12-8-5-4-6-9(12)11(2)10/h1,4-6,8H,7,10H2,2H3/q+1. The van der Waals surface area contributed by atoms with Crippen LogP contribution in [-0.4, -0.2) is 7.05 Å². The van der Waals surface area contributed by atoms with Crippen LogP contribution in [0.5, 0.6) is 0 Å². The van der Waals surface area contributed by atoms with Crippen LogP contribution in [0.15, 0.2) is 24.4 Å². The summed E-state index contributed by atoms with van der Waals surface area (Å²) in [6, 6.07) is 5.76. The Morgan fingerprint density at radius 3 is 3.00 bits per heavy atom. The Bertz CT molecular complexity index is 299. The fraction of sp³-hybridized carbons (Fsp3) is 0.222. The summed E-state index contributed by atoms with van der Waals surface area (Å²) in [5.74, 6) is 9.05. The zero-order valence-corrected chi connectivity index (χ0v) is 7.07. The number of terminal acetylenes is 1. The van der Waals surface area contributed by atoms with Crippen molar-refractivity contribution in [2.24, 2.45) is 5.84 Å². The van der Waals surface area contributed by atoms with E-state index in [4.69, 9.17) is 12.3 Å². The van der Waals surface area contributed by atoms with Gasteiger partial charge in [0.05, 0.1) is 13.2 Å². The van der Waals surface area contributed by atoms with Crippen LogP contribution < -0.4 is 15.4 Å². The predicted molar refractivity (Wildman–Crippen MR) is 48.1 cm³/mol. The summed E-state index contributed by atoms with van der Waals surface area (Å²) < 4.78 is 1.90. The fourth-order valence-corrected chi connectivity index (χ4v) is 1.02. The van der Waals surface area contributed by atoms with E-state index in [-0.39, 0.29) is 0 Å². The molecule has 1 rings (SSSR count). The lowest BCUT2D eigenvalue weighted by Gasteiger charge is -2.06. The first-order chi connectivity index (χ1) is 5.75. The third-order valence-corrected chi connectivity index (χ3v) is 1.54. The van der Waals surface area contributed by atoms with Crippen molar-refractivity contribution in [3.05, 3.63) is 24.4 Å². The Labute approximate surface area is 72.4 Å². The van der Waals surface area contributed by atoms with Crippen LogP contribution in [0.25, 0.3) is 0 Å². The van der Waals surface area contributed by atoms with Gasteiger partial charge in [-0.1, -0.05) is 12.0 Å². The molecule has 1 aromatic heterocycles. The van der Waals surface area contributed by atoms with Crippen molar-refractivity contribution in [2.45, 2.75) is 6.54 Å². The third-order valence-electron chi connectivity index (χ3n) is 1.54. The summed E-state index contributed by atoms with van der Waals surface area (Å²) in [6.45, 7) is 0.539. The smallest absolute Gasteiger partial charge is 0.222 e. The minimum Gasteiger partial charge on any atom is -0.222 e. The Morgan fingerprint density at radius 2 is 2.42 bits per heavy atom. The van der Waals surface area contributed by atoms with Gasteiger partial charge in [0, 0.05) is 6.07 Å². The van der Waals surface area contributed by atoms with Crippen molar-refractivity contribution < 1.29 is 4.57 Å². The van der Waals surface area contributed by atoms with E-state index in [9.17, 15) is 0 Å². The first-order valence-corrected chi connectivity index (χ1v) is 3.66. The molecule has 0 aliphatic carbocycles. The second-order valence-electron chi connectivity index (χ2n) is 2.50. The van der Waals surface area contributed by atoms with Crippen molar-refractivity contribution in [1.82, 2.24) is 0 Å². The van der Waals surface area contributed by atoms with Crippen LogP contribution >= 0.6 is 0 Å². The van der Waals surface area contributed by atoms with Gasteiger partial charge in [-0.3, -0.25) is 0 Å². The molecule has 0 amide bonds. The van der Waals surface area contributed by atoms with E-state index < -0.39 is 0 Å². The van der Waals surface area contributed by atoms with E-state index in [1.165, 1.54) is 5.01 Å². The topological polar surface area (TPSA) is 33.1 Å². The zero-order valence-electron chi connectivity index (χ0n) is 7.07. The second kappa shape index (κ2) is 3.74. The maximum absolute atomic E-state index is 5.59. The summed E-state index contributed by atoms with van der Waals surface area (Å²) in [5, 5.41) is 1.54. The molecular weight excluding hydrogens is 150 g/mol. The molecule has 12 heavy (non-hydrogen) atoms. The number of hydrazine groups is 1. The minimum atomic E-state index is 0.539. The first kappa shape index (κ1) is 8.57. The molecule has 0 atom stereocenters. The van der Waals surface area contributed by atoms with Gasteiger partial charge in [-0.2, -0.15) is 10.9 Å². The molecule has 0 radical (unpaired) electrons. The number of aromatic nitrogens is 1. The van der Waals surface area contributed by atoms with Gasteiger partial charge in [0.25, 0.3) is 5.82 Å². The Morgan fingerprint density at radius 1 is 1.67 bits per heavy atom. The van der Waals surface area contributed by atoms with E-state index >= 15 is 0 Å². The van der Waals surface area contributed by atoms with E-state index in [2.05, 4.69) is 5.92 Å². The molecule has 1 aromatic rings. The molecule has 3 heteroatoms. The molecule has 3 nitrogen and oxygen atoms in total. The Kier molecular flexibility index (Phi) is 2.67. The SMILES string of the molecule is C#CC[n+]1ccccc1N(C)N. The molecule has 62 valence electrons. The number of anilines is 1. The van der Waals surface area contributed by atoms with Gasteiger partial charge >= 0.3 is 0 Å². The van der Waals surface area contributed by atoms with Gasteiger partial charge < -0.3 is 0 Å². The van der Waals surface area contributed by atoms with E-state index in [1.54, 1.807) is 7.05 Å². The van der Waals surface area contributed by atoms with Crippen molar-refractivity contribution >= 4 is 5.82 Å². The highest BCUT2D eigenvalue weighted by molar-refractivity contribution is 5.28. The van der Waals surface area contributed by atoms with Crippen LogP contribution in [0, 0.1) is 12.3 Å². The largest absolute Gasteiger partial charge is 0.295 e. The summed E-state index contributed by atoms with van der Waals surface area (Å²) in [7, 11) is 1.78. The molecule has 2 N–H and O–H groups in total. The molecule has 0 saturated heterocycles. The fourth-order valence-electron chi connectivity index (χ4n) is 1.02. The summed E-state index contributed by atoms with van der Waals surface area (Å²) >= 11 is 0. The second-order valence-corrected chi connectivity index (χ2v) is 2.50. The van der Waals surface area contributed by atoms with Gasteiger partial charge in [-0.15, -0.1) is 6.42 Å². The van der Waals surface area contributed by atoms with Crippen LogP contribution in [0.4, 0.5) is 5.82 Å². The number of nitrogens with two attached hydrogens (primary N) is 1. The molecule has 0 fully saturated rings. The summed E-state index contributed by atoms with van der Waals surface area (Å²) in [4.78, 5) is 0. The molecule has 1 heterocycles. The lowest BCUT2D eigenvalue weighted by atomic mass is 10.4. The zero-order chi connectivity index (χ0) is 8.97. The van der Waals surface area contributed by atoms with Crippen LogP contribution in [0.2, 0.25) is 0 Å². The number of hydrogen-bond acceptors (Lipinski definition) is 2. The van der Waals surface area contributed by atoms with Gasteiger partial charge in [-0.25, -0.2) is 4.57 Å². The first-order valence-electron chi connectivity index (χ1n) is 3.66. The third kappa shape index (κ3) is 1.74. The number of hydrogen-bond donors (Lipinski definition) is 1. The van der Waals surface area contributed by atoms with Gasteiger partial charge in [0.15, 0.2) is 6.54 Å². The molecular formula is C9H12N3+. The highest BCUT2D eigenvalue weighted by atomic mass is 15.4. The molecule has 0 bridgehead atoms. The minimum absolute atomic E-state index is 0.539. The van der Waals surface area contributed by atoms with Crippen LogP contribution in [0.3, 0.4) is 0 Å². The van der Waals surface area contributed by atoms with Crippen LogP contribution in [-0.2, 0) is 6.54 Å². The normalized spacial score (nSPS) is 9.08.